The van der Waals surface area contributed by atoms with Crippen LogP contribution in [0.2, 0.25) is 0 Å². The monoisotopic (exact) mass is 158 g/mol. The molecule has 0 aromatic carbocycles. The lowest BCUT2D eigenvalue weighted by Gasteiger charge is -2.28. The zero-order valence-electron chi connectivity index (χ0n) is 7.64. The van der Waals surface area contributed by atoms with Gasteiger partial charge in [-0.3, -0.25) is 0 Å². The fraction of sp³-hybridized carbons (Fsp3) is 0.889. The molecule has 0 bridgehead atoms. The largest absolute Gasteiger partial charge is 0.388 e. The minimum atomic E-state index is -0.921. The van der Waals surface area contributed by atoms with Crippen molar-refractivity contribution in [3.8, 4) is 0 Å². The summed E-state index contributed by atoms with van der Waals surface area (Å²) in [6.45, 7) is 7.69. The van der Waals surface area contributed by atoms with Gasteiger partial charge in [-0.15, -0.1) is 0 Å². The SMILES string of the molecule is [CH2]C(O)(CC)C(N)CCCC. The second-order valence-corrected chi connectivity index (χ2v) is 3.21. The van der Waals surface area contributed by atoms with E-state index in [1.165, 1.54) is 0 Å². The number of unbranched alkanes of at least 4 members (excludes halogenated alkanes) is 1. The molecule has 0 fully saturated rings. The zero-order valence-corrected chi connectivity index (χ0v) is 7.64. The van der Waals surface area contributed by atoms with Gasteiger partial charge in [0, 0.05) is 6.04 Å². The zero-order chi connectivity index (χ0) is 8.91. The minimum Gasteiger partial charge on any atom is -0.388 e. The molecule has 67 valence electrons. The Bertz CT molecular complexity index is 102. The van der Waals surface area contributed by atoms with Crippen LogP contribution in [0.3, 0.4) is 0 Å². The van der Waals surface area contributed by atoms with Crippen LogP contribution in [-0.2, 0) is 0 Å². The molecule has 0 saturated carbocycles. The lowest BCUT2D eigenvalue weighted by Crippen LogP contribution is -2.45. The summed E-state index contributed by atoms with van der Waals surface area (Å²) in [5, 5.41) is 9.58. The van der Waals surface area contributed by atoms with Gasteiger partial charge in [0.2, 0.25) is 0 Å². The van der Waals surface area contributed by atoms with E-state index in [0.717, 1.165) is 19.3 Å². The first kappa shape index (κ1) is 10.9. The highest BCUT2D eigenvalue weighted by molar-refractivity contribution is 4.90. The Hall–Kier alpha value is -0.0800. The Balaban J connectivity index is 3.71. The predicted molar refractivity (Wildman–Crippen MR) is 48.1 cm³/mol. The normalized spacial score (nSPS) is 19.4. The highest BCUT2D eigenvalue weighted by Gasteiger charge is 2.25. The minimum absolute atomic E-state index is 0.174. The Labute approximate surface area is 69.8 Å². The van der Waals surface area contributed by atoms with E-state index >= 15 is 0 Å². The first-order valence-electron chi connectivity index (χ1n) is 4.38. The number of hydrogen-bond donors (Lipinski definition) is 2. The van der Waals surface area contributed by atoms with Crippen molar-refractivity contribution in [3.05, 3.63) is 6.92 Å². The van der Waals surface area contributed by atoms with Crippen molar-refractivity contribution in [2.75, 3.05) is 0 Å². The van der Waals surface area contributed by atoms with Crippen molar-refractivity contribution in [3.63, 3.8) is 0 Å². The van der Waals surface area contributed by atoms with Crippen LogP contribution in [0.5, 0.6) is 0 Å². The maximum atomic E-state index is 9.58. The fourth-order valence-corrected chi connectivity index (χ4v) is 0.955. The van der Waals surface area contributed by atoms with Gasteiger partial charge >= 0.3 is 0 Å². The van der Waals surface area contributed by atoms with Gasteiger partial charge in [-0.2, -0.15) is 0 Å². The summed E-state index contributed by atoms with van der Waals surface area (Å²) >= 11 is 0. The van der Waals surface area contributed by atoms with Gasteiger partial charge in [-0.05, 0) is 19.8 Å². The van der Waals surface area contributed by atoms with Crippen LogP contribution in [0.1, 0.15) is 39.5 Å². The number of nitrogens with two attached hydrogens (primary N) is 1. The van der Waals surface area contributed by atoms with Crippen LogP contribution >= 0.6 is 0 Å². The highest BCUT2D eigenvalue weighted by Crippen LogP contribution is 2.16. The van der Waals surface area contributed by atoms with Crippen molar-refractivity contribution in [2.24, 2.45) is 5.73 Å². The van der Waals surface area contributed by atoms with Gasteiger partial charge in [-0.25, -0.2) is 0 Å². The molecule has 11 heavy (non-hydrogen) atoms. The molecule has 2 unspecified atom stereocenters. The summed E-state index contributed by atoms with van der Waals surface area (Å²) in [4.78, 5) is 0. The smallest absolute Gasteiger partial charge is 0.0796 e. The van der Waals surface area contributed by atoms with Gasteiger partial charge in [0.25, 0.3) is 0 Å². The van der Waals surface area contributed by atoms with Crippen molar-refractivity contribution in [2.45, 2.75) is 51.2 Å². The van der Waals surface area contributed by atoms with E-state index in [2.05, 4.69) is 13.8 Å². The molecule has 0 aliphatic carbocycles. The third kappa shape index (κ3) is 3.73. The van der Waals surface area contributed by atoms with Crippen molar-refractivity contribution < 1.29 is 5.11 Å². The van der Waals surface area contributed by atoms with Gasteiger partial charge in [0.05, 0.1) is 5.60 Å². The lowest BCUT2D eigenvalue weighted by atomic mass is 9.91. The predicted octanol–water partition coefficient (Wildman–Crippen LogP) is 1.48. The third-order valence-corrected chi connectivity index (χ3v) is 2.17. The molecule has 0 aliphatic rings. The average Bonchev–Trinajstić information content (AvgIpc) is 2.00. The van der Waals surface area contributed by atoms with E-state index in [1.807, 2.05) is 6.92 Å². The molecule has 0 amide bonds. The maximum Gasteiger partial charge on any atom is 0.0796 e. The molecule has 3 N–H and O–H groups in total. The molecule has 2 nitrogen and oxygen atoms in total. The van der Waals surface area contributed by atoms with E-state index in [9.17, 15) is 5.11 Å². The van der Waals surface area contributed by atoms with E-state index in [1.54, 1.807) is 0 Å². The fourth-order valence-electron chi connectivity index (χ4n) is 0.955. The molecule has 2 atom stereocenters. The molecule has 2 heteroatoms. The van der Waals surface area contributed by atoms with Crippen molar-refractivity contribution >= 4 is 0 Å². The molecule has 0 aromatic heterocycles. The van der Waals surface area contributed by atoms with Crippen LogP contribution in [-0.4, -0.2) is 16.7 Å². The summed E-state index contributed by atoms with van der Waals surface area (Å²) < 4.78 is 0. The molecule has 0 aromatic rings. The Morgan fingerprint density at radius 1 is 1.55 bits per heavy atom. The number of rotatable bonds is 5. The quantitative estimate of drug-likeness (QED) is 0.636. The second-order valence-electron chi connectivity index (χ2n) is 3.21. The third-order valence-electron chi connectivity index (χ3n) is 2.17. The molecule has 1 radical (unpaired) electrons. The molecule has 0 saturated heterocycles. The van der Waals surface area contributed by atoms with E-state index < -0.39 is 5.60 Å². The van der Waals surface area contributed by atoms with Gasteiger partial charge < -0.3 is 10.8 Å². The molecular weight excluding hydrogens is 138 g/mol. The van der Waals surface area contributed by atoms with E-state index in [0.29, 0.717) is 6.42 Å². The van der Waals surface area contributed by atoms with Crippen molar-refractivity contribution in [1.82, 2.24) is 0 Å². The van der Waals surface area contributed by atoms with Crippen LogP contribution in [0.15, 0.2) is 0 Å². The summed E-state index contributed by atoms with van der Waals surface area (Å²) in [6.07, 6.45) is 3.68. The number of hydrogen-bond acceptors (Lipinski definition) is 2. The molecule has 0 heterocycles. The first-order valence-corrected chi connectivity index (χ1v) is 4.38. The van der Waals surface area contributed by atoms with E-state index in [-0.39, 0.29) is 6.04 Å². The average molecular weight is 158 g/mol. The van der Waals surface area contributed by atoms with Gasteiger partial charge in [0.1, 0.15) is 0 Å². The van der Waals surface area contributed by atoms with Crippen molar-refractivity contribution in [1.29, 1.82) is 0 Å². The second kappa shape index (κ2) is 4.73. The van der Waals surface area contributed by atoms with E-state index in [4.69, 9.17) is 5.73 Å². The van der Waals surface area contributed by atoms with Crippen LogP contribution < -0.4 is 5.73 Å². The summed E-state index contributed by atoms with van der Waals surface area (Å²) in [5.41, 5.74) is 4.81. The molecule has 0 spiro atoms. The van der Waals surface area contributed by atoms with Crippen LogP contribution in [0.4, 0.5) is 0 Å². The Kier molecular flexibility index (Phi) is 4.69. The molecule has 0 aliphatic heterocycles. The standard InChI is InChI=1S/C9H20NO/c1-4-6-7-8(10)9(3,11)5-2/h8,11H,3-7,10H2,1-2H3. The van der Waals surface area contributed by atoms with Crippen LogP contribution in [0.25, 0.3) is 0 Å². The van der Waals surface area contributed by atoms with Crippen LogP contribution in [0, 0.1) is 6.92 Å². The summed E-state index contributed by atoms with van der Waals surface area (Å²) in [6, 6.07) is -0.174. The maximum absolute atomic E-state index is 9.58. The Morgan fingerprint density at radius 3 is 2.45 bits per heavy atom. The molecule has 0 rings (SSSR count). The Morgan fingerprint density at radius 2 is 2.09 bits per heavy atom. The number of aliphatic hydroxyl groups is 1. The topological polar surface area (TPSA) is 46.2 Å². The lowest BCUT2D eigenvalue weighted by molar-refractivity contribution is 0.0520. The summed E-state index contributed by atoms with van der Waals surface area (Å²) in [5.74, 6) is 0. The molecular formula is C9H20NO. The highest BCUT2D eigenvalue weighted by atomic mass is 16.3. The van der Waals surface area contributed by atoms with Gasteiger partial charge in [0.15, 0.2) is 0 Å². The first-order chi connectivity index (χ1) is 5.04. The van der Waals surface area contributed by atoms with Gasteiger partial charge in [-0.1, -0.05) is 26.7 Å². The summed E-state index contributed by atoms with van der Waals surface area (Å²) in [7, 11) is 0.